The van der Waals surface area contributed by atoms with E-state index >= 15 is 0 Å². The number of rotatable bonds is 10. The zero-order valence-electron chi connectivity index (χ0n) is 20.7. The Morgan fingerprint density at radius 3 is 2.20 bits per heavy atom. The summed E-state index contributed by atoms with van der Waals surface area (Å²) < 4.78 is 39.2. The van der Waals surface area contributed by atoms with Crippen molar-refractivity contribution < 1.29 is 22.7 Å². The molecule has 1 unspecified atom stereocenters. The number of nitrogens with zero attached hydrogens (tertiary/aromatic N) is 1. The molecule has 0 aliphatic heterocycles. The number of para-hydroxylation sites is 2. The molecule has 3 rings (SSSR count). The molecular weight excluding hydrogens is 464 g/mol. The Hall–Kier alpha value is -3.52. The van der Waals surface area contributed by atoms with Crippen molar-refractivity contribution in [2.45, 2.75) is 38.1 Å². The van der Waals surface area contributed by atoms with Crippen molar-refractivity contribution in [3.05, 3.63) is 83.4 Å². The quantitative estimate of drug-likeness (QED) is 0.437. The third kappa shape index (κ3) is 5.95. The molecule has 0 heterocycles. The molecular formula is C27H32N2O5S. The standard InChI is InChI=1S/C27H32N2O5S/c1-6-23(21-13-16-25(33-4)20(3)17-21)28-27(30)18-29(24-9-7-8-10-26(24)34-5)35(31,32)22-14-11-19(2)12-15-22/h7-17,23H,6,18H2,1-5H3,(H,28,30). The van der Waals surface area contributed by atoms with E-state index in [0.29, 0.717) is 17.9 Å². The van der Waals surface area contributed by atoms with Gasteiger partial charge < -0.3 is 14.8 Å². The molecule has 3 aromatic carbocycles. The van der Waals surface area contributed by atoms with Gasteiger partial charge in [-0.3, -0.25) is 9.10 Å². The number of hydrogen-bond donors (Lipinski definition) is 1. The fourth-order valence-electron chi connectivity index (χ4n) is 3.88. The van der Waals surface area contributed by atoms with Crippen molar-refractivity contribution in [2.24, 2.45) is 0 Å². The Morgan fingerprint density at radius 1 is 0.943 bits per heavy atom. The SMILES string of the molecule is CCC(NC(=O)CN(c1ccccc1OC)S(=O)(=O)c1ccc(C)cc1)c1ccc(OC)c(C)c1. The lowest BCUT2D eigenvalue weighted by Gasteiger charge is -2.27. The largest absolute Gasteiger partial charge is 0.496 e. The Morgan fingerprint density at radius 2 is 1.60 bits per heavy atom. The Balaban J connectivity index is 1.94. The van der Waals surface area contributed by atoms with E-state index in [2.05, 4.69) is 5.32 Å². The van der Waals surface area contributed by atoms with Gasteiger partial charge in [-0.25, -0.2) is 8.42 Å². The van der Waals surface area contributed by atoms with Gasteiger partial charge in [0.2, 0.25) is 5.91 Å². The van der Waals surface area contributed by atoms with Crippen molar-refractivity contribution >= 4 is 21.6 Å². The summed E-state index contributed by atoms with van der Waals surface area (Å²) in [6, 6.07) is 18.7. The topological polar surface area (TPSA) is 84.9 Å². The van der Waals surface area contributed by atoms with Gasteiger partial charge in [0, 0.05) is 0 Å². The van der Waals surface area contributed by atoms with Crippen LogP contribution in [0.25, 0.3) is 0 Å². The maximum atomic E-state index is 13.7. The second-order valence-corrected chi connectivity index (χ2v) is 10.1. The third-order valence-corrected chi connectivity index (χ3v) is 7.59. The average molecular weight is 497 g/mol. The summed E-state index contributed by atoms with van der Waals surface area (Å²) >= 11 is 0. The number of benzene rings is 3. The van der Waals surface area contributed by atoms with Crippen LogP contribution < -0.4 is 19.1 Å². The van der Waals surface area contributed by atoms with Crippen LogP contribution in [0.2, 0.25) is 0 Å². The number of anilines is 1. The number of methoxy groups -OCH3 is 2. The number of nitrogens with one attached hydrogen (secondary N) is 1. The summed E-state index contributed by atoms with van der Waals surface area (Å²) in [7, 11) is -0.965. The van der Waals surface area contributed by atoms with Crippen molar-refractivity contribution in [2.75, 3.05) is 25.1 Å². The third-order valence-electron chi connectivity index (χ3n) is 5.81. The number of aryl methyl sites for hydroxylation is 2. The molecule has 0 aliphatic rings. The molecule has 8 heteroatoms. The summed E-state index contributed by atoms with van der Waals surface area (Å²) in [5, 5.41) is 2.99. The number of sulfonamides is 1. The molecule has 186 valence electrons. The van der Waals surface area contributed by atoms with Gasteiger partial charge in [0.1, 0.15) is 18.0 Å². The fourth-order valence-corrected chi connectivity index (χ4v) is 5.31. The molecule has 0 aromatic heterocycles. The zero-order valence-corrected chi connectivity index (χ0v) is 21.6. The highest BCUT2D eigenvalue weighted by atomic mass is 32.2. The van der Waals surface area contributed by atoms with E-state index in [4.69, 9.17) is 9.47 Å². The van der Waals surface area contributed by atoms with Crippen LogP contribution in [0.15, 0.2) is 71.6 Å². The number of hydrogen-bond acceptors (Lipinski definition) is 5. The van der Waals surface area contributed by atoms with Crippen LogP contribution in [0.3, 0.4) is 0 Å². The molecule has 0 bridgehead atoms. The maximum absolute atomic E-state index is 13.7. The van der Waals surface area contributed by atoms with Crippen molar-refractivity contribution in [3.8, 4) is 11.5 Å². The van der Waals surface area contributed by atoms with E-state index < -0.39 is 22.5 Å². The first-order valence-corrected chi connectivity index (χ1v) is 12.8. The number of amides is 1. The van der Waals surface area contributed by atoms with E-state index in [1.807, 2.05) is 39.0 Å². The Labute approximate surface area is 207 Å². The van der Waals surface area contributed by atoms with Crippen LogP contribution in [0.5, 0.6) is 11.5 Å². The van der Waals surface area contributed by atoms with Gasteiger partial charge >= 0.3 is 0 Å². The molecule has 1 amide bonds. The summed E-state index contributed by atoms with van der Waals surface area (Å²) in [5.74, 6) is 0.696. The number of carbonyl (C=O) groups is 1. The van der Waals surface area contributed by atoms with Gasteiger partial charge in [-0.15, -0.1) is 0 Å². The highest BCUT2D eigenvalue weighted by Gasteiger charge is 2.30. The van der Waals surface area contributed by atoms with Crippen LogP contribution in [-0.2, 0) is 14.8 Å². The second kappa shape index (κ2) is 11.3. The maximum Gasteiger partial charge on any atom is 0.264 e. The molecule has 0 radical (unpaired) electrons. The summed E-state index contributed by atoms with van der Waals surface area (Å²) in [5.41, 5.74) is 3.10. The van der Waals surface area contributed by atoms with Gasteiger partial charge in [0.15, 0.2) is 0 Å². The van der Waals surface area contributed by atoms with E-state index in [9.17, 15) is 13.2 Å². The monoisotopic (exact) mass is 496 g/mol. The minimum Gasteiger partial charge on any atom is -0.496 e. The van der Waals surface area contributed by atoms with Crippen LogP contribution >= 0.6 is 0 Å². The molecule has 7 nitrogen and oxygen atoms in total. The first-order chi connectivity index (χ1) is 16.7. The molecule has 0 fully saturated rings. The van der Waals surface area contributed by atoms with E-state index in [1.165, 1.54) is 7.11 Å². The number of ether oxygens (including phenoxy) is 2. The minimum absolute atomic E-state index is 0.0969. The molecule has 1 atom stereocenters. The Kier molecular flexibility index (Phi) is 8.40. The summed E-state index contributed by atoms with van der Waals surface area (Å²) in [6.07, 6.45) is 0.636. The van der Waals surface area contributed by atoms with Crippen molar-refractivity contribution in [3.63, 3.8) is 0 Å². The summed E-state index contributed by atoms with van der Waals surface area (Å²) in [4.78, 5) is 13.3. The molecule has 0 saturated carbocycles. The van der Waals surface area contributed by atoms with E-state index in [0.717, 1.165) is 26.7 Å². The Bertz CT molecular complexity index is 1270. The van der Waals surface area contributed by atoms with E-state index in [1.54, 1.807) is 55.6 Å². The first-order valence-electron chi connectivity index (χ1n) is 11.4. The van der Waals surface area contributed by atoms with Crippen LogP contribution in [-0.4, -0.2) is 35.1 Å². The van der Waals surface area contributed by atoms with Gasteiger partial charge in [-0.2, -0.15) is 0 Å². The lowest BCUT2D eigenvalue weighted by atomic mass is 10.0. The average Bonchev–Trinajstić information content (AvgIpc) is 2.86. The van der Waals surface area contributed by atoms with Crippen molar-refractivity contribution in [1.29, 1.82) is 0 Å². The van der Waals surface area contributed by atoms with Crippen LogP contribution in [0.4, 0.5) is 5.69 Å². The van der Waals surface area contributed by atoms with Gasteiger partial charge in [-0.05, 0) is 61.7 Å². The highest BCUT2D eigenvalue weighted by Crippen LogP contribution is 2.32. The lowest BCUT2D eigenvalue weighted by molar-refractivity contribution is -0.120. The smallest absolute Gasteiger partial charge is 0.264 e. The van der Waals surface area contributed by atoms with Gasteiger partial charge in [0.25, 0.3) is 10.0 Å². The molecule has 0 saturated heterocycles. The predicted octanol–water partition coefficient (Wildman–Crippen LogP) is 4.78. The van der Waals surface area contributed by atoms with Crippen molar-refractivity contribution in [1.82, 2.24) is 5.32 Å². The molecule has 3 aromatic rings. The van der Waals surface area contributed by atoms with Gasteiger partial charge in [-0.1, -0.05) is 48.9 Å². The molecule has 0 aliphatic carbocycles. The normalized spacial score (nSPS) is 12.0. The number of carbonyl (C=O) groups excluding carboxylic acids is 1. The van der Waals surface area contributed by atoms with Crippen LogP contribution in [0, 0.1) is 13.8 Å². The zero-order chi connectivity index (χ0) is 25.6. The highest BCUT2D eigenvalue weighted by molar-refractivity contribution is 7.92. The second-order valence-electron chi connectivity index (χ2n) is 8.25. The molecule has 35 heavy (non-hydrogen) atoms. The lowest BCUT2D eigenvalue weighted by Crippen LogP contribution is -2.42. The fraction of sp³-hybridized carbons (Fsp3) is 0.296. The van der Waals surface area contributed by atoms with Crippen LogP contribution in [0.1, 0.15) is 36.1 Å². The first kappa shape index (κ1) is 26.1. The molecule has 0 spiro atoms. The molecule has 1 N–H and O–H groups in total. The summed E-state index contributed by atoms with van der Waals surface area (Å²) in [6.45, 7) is 5.38. The predicted molar refractivity (Wildman–Crippen MR) is 138 cm³/mol. The van der Waals surface area contributed by atoms with Gasteiger partial charge in [0.05, 0.1) is 30.8 Å². The van der Waals surface area contributed by atoms with E-state index in [-0.39, 0.29) is 10.9 Å². The minimum atomic E-state index is -4.05.